The fourth-order valence-corrected chi connectivity index (χ4v) is 8.48. The molecule has 0 amide bonds. The van der Waals surface area contributed by atoms with Crippen molar-refractivity contribution in [3.05, 3.63) is 16.7 Å². The van der Waals surface area contributed by atoms with Crippen LogP contribution in [0.25, 0.3) is 0 Å². The van der Waals surface area contributed by atoms with Crippen molar-refractivity contribution in [2.75, 3.05) is 0 Å². The predicted octanol–water partition coefficient (Wildman–Crippen LogP) is 5.41. The predicted molar refractivity (Wildman–Crippen MR) is 129 cm³/mol. The molecule has 1 aromatic rings. The van der Waals surface area contributed by atoms with Gasteiger partial charge in [0.15, 0.2) is 12.6 Å². The van der Waals surface area contributed by atoms with Crippen molar-refractivity contribution in [2.24, 2.45) is 40.4 Å². The van der Waals surface area contributed by atoms with Crippen LogP contribution in [0.2, 0.25) is 0 Å². The molecule has 6 nitrogen and oxygen atoms in total. The number of aromatic hydroxyl groups is 3. The highest BCUT2D eigenvalue weighted by Crippen LogP contribution is 2.76. The van der Waals surface area contributed by atoms with E-state index in [0.717, 1.165) is 12.8 Å². The number of hydrogen-bond acceptors (Lipinski definition) is 6. The summed E-state index contributed by atoms with van der Waals surface area (Å²) in [4.78, 5) is 23.5. The maximum Gasteiger partial charge on any atom is 0.157 e. The Kier molecular flexibility index (Phi) is 5.87. The van der Waals surface area contributed by atoms with Crippen molar-refractivity contribution in [3.63, 3.8) is 0 Å². The van der Waals surface area contributed by atoms with Crippen molar-refractivity contribution in [1.82, 2.24) is 0 Å². The van der Waals surface area contributed by atoms with Gasteiger partial charge in [0, 0.05) is 5.56 Å². The van der Waals surface area contributed by atoms with E-state index in [2.05, 4.69) is 34.6 Å². The molecule has 3 aliphatic rings. The monoisotopic (exact) mass is 472 g/mol. The second-order valence-corrected chi connectivity index (χ2v) is 12.7. The molecule has 0 spiro atoms. The largest absolute Gasteiger partial charge is 0.507 e. The molecule has 3 aliphatic carbocycles. The Morgan fingerprint density at radius 3 is 1.97 bits per heavy atom. The summed E-state index contributed by atoms with van der Waals surface area (Å²) in [5.74, 6) is -0.575. The molecule has 0 bridgehead atoms. The fraction of sp³-hybridized carbons (Fsp3) is 0.714. The first kappa shape index (κ1) is 25.0. The molecule has 0 aliphatic heterocycles. The summed E-state index contributed by atoms with van der Waals surface area (Å²) in [5.41, 5.74) is -1.40. The lowest BCUT2D eigenvalue weighted by molar-refractivity contribution is -0.155. The van der Waals surface area contributed by atoms with Crippen LogP contribution in [0.4, 0.5) is 0 Å². The second-order valence-electron chi connectivity index (χ2n) is 12.7. The van der Waals surface area contributed by atoms with E-state index < -0.39 is 22.8 Å². The maximum atomic E-state index is 11.7. The van der Waals surface area contributed by atoms with Gasteiger partial charge >= 0.3 is 0 Å². The molecule has 3 fully saturated rings. The van der Waals surface area contributed by atoms with Crippen LogP contribution in [-0.2, 0) is 0 Å². The topological polar surface area (TPSA) is 115 Å². The molecule has 6 unspecified atom stereocenters. The zero-order valence-corrected chi connectivity index (χ0v) is 21.3. The average molecular weight is 473 g/mol. The van der Waals surface area contributed by atoms with Crippen molar-refractivity contribution in [1.29, 1.82) is 0 Å². The van der Waals surface area contributed by atoms with Gasteiger partial charge in [-0.05, 0) is 85.4 Å². The quantitative estimate of drug-likeness (QED) is 0.412. The van der Waals surface area contributed by atoms with Crippen molar-refractivity contribution in [2.45, 2.75) is 85.2 Å². The molecule has 3 saturated carbocycles. The Labute approximate surface area is 202 Å². The number of phenolic OH excluding ortho intramolecular Hbond substituents is 3. The highest BCUT2D eigenvalue weighted by molar-refractivity contribution is 5.95. The van der Waals surface area contributed by atoms with E-state index in [0.29, 0.717) is 43.7 Å². The van der Waals surface area contributed by atoms with E-state index in [9.17, 15) is 30.0 Å². The van der Waals surface area contributed by atoms with Crippen LogP contribution >= 0.6 is 0 Å². The lowest BCUT2D eigenvalue weighted by Crippen LogP contribution is -2.56. The fourth-order valence-electron chi connectivity index (χ4n) is 8.48. The van der Waals surface area contributed by atoms with E-state index in [4.69, 9.17) is 0 Å². The van der Waals surface area contributed by atoms with Crippen LogP contribution in [0.3, 0.4) is 0 Å². The molecule has 4 N–H and O–H groups in total. The Morgan fingerprint density at radius 2 is 1.47 bits per heavy atom. The minimum Gasteiger partial charge on any atom is -0.507 e. The van der Waals surface area contributed by atoms with Gasteiger partial charge in [0.25, 0.3) is 0 Å². The Balaban J connectivity index is 1.90. The summed E-state index contributed by atoms with van der Waals surface area (Å²) in [6, 6.07) is 0. The number of hydrogen-bond donors (Lipinski definition) is 4. The molecule has 34 heavy (non-hydrogen) atoms. The molecule has 7 atom stereocenters. The van der Waals surface area contributed by atoms with E-state index in [1.54, 1.807) is 0 Å². The van der Waals surface area contributed by atoms with Gasteiger partial charge in [0.1, 0.15) is 17.2 Å². The number of carbonyl (C=O) groups is 2. The van der Waals surface area contributed by atoms with Gasteiger partial charge in [-0.3, -0.25) is 9.59 Å². The number of carbonyl (C=O) groups excluding carboxylic acids is 2. The number of fused-ring (bicyclic) bond motifs is 3. The lowest BCUT2D eigenvalue weighted by Gasteiger charge is -2.59. The van der Waals surface area contributed by atoms with Crippen LogP contribution in [-0.4, -0.2) is 38.6 Å². The van der Waals surface area contributed by atoms with Gasteiger partial charge in [-0.25, -0.2) is 0 Å². The maximum absolute atomic E-state index is 11.7. The Morgan fingerprint density at radius 1 is 0.912 bits per heavy atom. The third kappa shape index (κ3) is 3.39. The van der Waals surface area contributed by atoms with Crippen LogP contribution in [0, 0.1) is 40.4 Å². The third-order valence-electron chi connectivity index (χ3n) is 10.0. The van der Waals surface area contributed by atoms with E-state index >= 15 is 0 Å². The van der Waals surface area contributed by atoms with Gasteiger partial charge in [-0.1, -0.05) is 34.6 Å². The summed E-state index contributed by atoms with van der Waals surface area (Å²) >= 11 is 0. The summed E-state index contributed by atoms with van der Waals surface area (Å²) in [6.45, 7) is 13.0. The molecule has 188 valence electrons. The first-order valence-electron chi connectivity index (χ1n) is 12.7. The van der Waals surface area contributed by atoms with Crippen molar-refractivity contribution >= 4 is 12.6 Å². The van der Waals surface area contributed by atoms with Gasteiger partial charge in [0.2, 0.25) is 0 Å². The van der Waals surface area contributed by atoms with E-state index in [-0.39, 0.29) is 51.2 Å². The molecular weight excluding hydrogens is 432 g/mol. The highest BCUT2D eigenvalue weighted by atomic mass is 16.3. The smallest absolute Gasteiger partial charge is 0.157 e. The number of phenols is 3. The summed E-state index contributed by atoms with van der Waals surface area (Å²) < 4.78 is 0. The highest BCUT2D eigenvalue weighted by Gasteiger charge is 2.72. The molecule has 0 aromatic heterocycles. The van der Waals surface area contributed by atoms with Crippen LogP contribution in [0.15, 0.2) is 0 Å². The van der Waals surface area contributed by atoms with Crippen molar-refractivity contribution < 1.29 is 30.0 Å². The van der Waals surface area contributed by atoms with Gasteiger partial charge in [0.05, 0.1) is 16.7 Å². The minimum atomic E-state index is -0.800. The first-order valence-corrected chi connectivity index (χ1v) is 12.7. The molecule has 0 saturated heterocycles. The summed E-state index contributed by atoms with van der Waals surface area (Å²) in [7, 11) is 0. The second kappa shape index (κ2) is 7.97. The minimum absolute atomic E-state index is 0.0258. The Hall–Kier alpha value is -2.08. The lowest BCUT2D eigenvalue weighted by atomic mass is 9.47. The van der Waals surface area contributed by atoms with E-state index in [1.807, 2.05) is 6.92 Å². The molecule has 6 heteroatoms. The molecule has 0 radical (unpaired) electrons. The normalized spacial score (nSPS) is 36.9. The van der Waals surface area contributed by atoms with Crippen LogP contribution in [0.1, 0.15) is 106 Å². The zero-order valence-electron chi connectivity index (χ0n) is 21.3. The standard InChI is InChI=1S/C28H40O6/c1-14(2)11-15(20-23(32)16(12-29)22(31)17(13-30)24(20)33)18-8-10-28(6,34)25-21-19(26(21,3)4)7-9-27(18,25)5/h12-15,18-19,21,25,31-34H,7-11H2,1-6H3/t15?,18?,19?,21?,25?,27?,28-/m1/s1. The molecule has 0 heterocycles. The third-order valence-corrected chi connectivity index (χ3v) is 10.0. The molecule has 4 rings (SSSR count). The number of aldehydes is 2. The summed E-state index contributed by atoms with van der Waals surface area (Å²) in [6.07, 6.45) is 4.66. The van der Waals surface area contributed by atoms with E-state index in [1.165, 1.54) is 0 Å². The summed E-state index contributed by atoms with van der Waals surface area (Å²) in [5, 5.41) is 44.1. The molecular formula is C28H40O6. The number of rotatable bonds is 6. The van der Waals surface area contributed by atoms with Gasteiger partial charge in [-0.15, -0.1) is 0 Å². The average Bonchev–Trinajstić information content (AvgIpc) is 3.27. The van der Waals surface area contributed by atoms with Crippen LogP contribution in [0.5, 0.6) is 17.2 Å². The SMILES string of the molecule is CC(C)CC(c1c(O)c(C=O)c(O)c(C=O)c1O)C1CC[C@@](C)(O)C2C3C(CCC12C)C3(C)C. The first-order chi connectivity index (χ1) is 15.7. The van der Waals surface area contributed by atoms with Crippen LogP contribution < -0.4 is 0 Å². The van der Waals surface area contributed by atoms with Crippen molar-refractivity contribution in [3.8, 4) is 17.2 Å². The Bertz CT molecular complexity index is 974. The van der Waals surface area contributed by atoms with Gasteiger partial charge < -0.3 is 20.4 Å². The zero-order chi connectivity index (χ0) is 25.4. The molecule has 1 aromatic carbocycles. The number of aliphatic hydroxyl groups is 1. The number of benzene rings is 1. The van der Waals surface area contributed by atoms with Gasteiger partial charge in [-0.2, -0.15) is 0 Å².